The summed E-state index contributed by atoms with van der Waals surface area (Å²) < 4.78 is 0. The van der Waals surface area contributed by atoms with E-state index in [4.69, 9.17) is 0 Å². The van der Waals surface area contributed by atoms with Crippen LogP contribution < -0.4 is 10.6 Å². The van der Waals surface area contributed by atoms with Crippen molar-refractivity contribution >= 4 is 27.6 Å². The number of fused-ring (bicyclic) bond motifs is 3. The molecule has 0 bridgehead atoms. The Balaban J connectivity index is 1.57. The molecule has 0 saturated carbocycles. The van der Waals surface area contributed by atoms with E-state index < -0.39 is 0 Å². The van der Waals surface area contributed by atoms with Gasteiger partial charge in [0.05, 0.1) is 11.1 Å². The van der Waals surface area contributed by atoms with Crippen molar-refractivity contribution in [3.05, 3.63) is 54.2 Å². The van der Waals surface area contributed by atoms with E-state index in [1.165, 1.54) is 0 Å². The Bertz CT molecular complexity index is 902. The summed E-state index contributed by atoms with van der Waals surface area (Å²) >= 11 is 0. The van der Waals surface area contributed by atoms with E-state index in [9.17, 15) is 4.79 Å². The predicted molar refractivity (Wildman–Crippen MR) is 101 cm³/mol. The van der Waals surface area contributed by atoms with Crippen LogP contribution in [0.4, 0.5) is 0 Å². The van der Waals surface area contributed by atoms with Gasteiger partial charge >= 0.3 is 0 Å². The van der Waals surface area contributed by atoms with Crippen LogP contribution in [0.5, 0.6) is 0 Å². The second-order valence-corrected chi connectivity index (χ2v) is 6.39. The lowest BCUT2D eigenvalue weighted by atomic mass is 10.0. The van der Waals surface area contributed by atoms with Crippen LogP contribution in [-0.2, 0) is 0 Å². The number of nitrogens with zero attached hydrogens (tertiary/aromatic N) is 2. The normalized spacial score (nSPS) is 15.5. The summed E-state index contributed by atoms with van der Waals surface area (Å²) in [6.07, 6.45) is 1.74. The van der Waals surface area contributed by atoms with E-state index in [0.717, 1.165) is 54.4 Å². The second-order valence-electron chi connectivity index (χ2n) is 6.39. The van der Waals surface area contributed by atoms with Gasteiger partial charge in [0.25, 0.3) is 5.91 Å². The molecule has 3 aromatic rings. The van der Waals surface area contributed by atoms with Gasteiger partial charge in [-0.3, -0.25) is 14.7 Å². The third kappa shape index (κ3) is 3.34. The molecule has 1 amide bonds. The van der Waals surface area contributed by atoms with Crippen molar-refractivity contribution in [2.45, 2.75) is 0 Å². The first kappa shape index (κ1) is 16.0. The van der Waals surface area contributed by atoms with Crippen LogP contribution in [0.1, 0.15) is 10.4 Å². The fourth-order valence-corrected chi connectivity index (χ4v) is 3.46. The molecule has 0 aliphatic carbocycles. The molecule has 1 aliphatic rings. The van der Waals surface area contributed by atoms with Crippen LogP contribution >= 0.6 is 0 Å². The molecule has 1 aliphatic heterocycles. The molecule has 0 unspecified atom stereocenters. The Morgan fingerprint density at radius 2 is 1.92 bits per heavy atom. The number of rotatable bonds is 4. The summed E-state index contributed by atoms with van der Waals surface area (Å²) in [7, 11) is 0. The number of hydrogen-bond donors (Lipinski definition) is 2. The molecule has 2 heterocycles. The van der Waals surface area contributed by atoms with Crippen molar-refractivity contribution in [3.8, 4) is 0 Å². The van der Waals surface area contributed by atoms with Crippen molar-refractivity contribution in [1.29, 1.82) is 0 Å². The number of aromatic nitrogens is 1. The average molecular weight is 334 g/mol. The number of amides is 1. The zero-order chi connectivity index (χ0) is 17.1. The van der Waals surface area contributed by atoms with Gasteiger partial charge in [-0.1, -0.05) is 30.3 Å². The fourth-order valence-electron chi connectivity index (χ4n) is 3.46. The van der Waals surface area contributed by atoms with Gasteiger partial charge in [-0.15, -0.1) is 0 Å². The summed E-state index contributed by atoms with van der Waals surface area (Å²) in [5.74, 6) is -0.0513. The van der Waals surface area contributed by atoms with Crippen molar-refractivity contribution in [2.24, 2.45) is 0 Å². The maximum atomic E-state index is 12.8. The molecule has 1 saturated heterocycles. The topological polar surface area (TPSA) is 57.3 Å². The number of piperazine rings is 1. The lowest BCUT2D eigenvalue weighted by Crippen LogP contribution is -2.46. The molecule has 5 heteroatoms. The second kappa shape index (κ2) is 7.17. The average Bonchev–Trinajstić information content (AvgIpc) is 2.68. The molecular formula is C20H22N4O. The molecular weight excluding hydrogens is 312 g/mol. The highest BCUT2D eigenvalue weighted by atomic mass is 16.1. The number of nitrogens with one attached hydrogen (secondary N) is 2. The van der Waals surface area contributed by atoms with Gasteiger partial charge in [0.2, 0.25) is 0 Å². The van der Waals surface area contributed by atoms with Crippen LogP contribution in [0.3, 0.4) is 0 Å². The largest absolute Gasteiger partial charge is 0.351 e. The lowest BCUT2D eigenvalue weighted by Gasteiger charge is -2.27. The minimum absolute atomic E-state index is 0.0513. The molecule has 2 aromatic carbocycles. The van der Waals surface area contributed by atoms with Crippen molar-refractivity contribution in [3.63, 3.8) is 0 Å². The number of hydrogen-bond acceptors (Lipinski definition) is 4. The van der Waals surface area contributed by atoms with E-state index in [1.807, 2.05) is 36.4 Å². The molecule has 5 nitrogen and oxygen atoms in total. The first-order valence-corrected chi connectivity index (χ1v) is 8.81. The van der Waals surface area contributed by atoms with Crippen LogP contribution in [0.2, 0.25) is 0 Å². The summed E-state index contributed by atoms with van der Waals surface area (Å²) in [4.78, 5) is 19.6. The summed E-state index contributed by atoms with van der Waals surface area (Å²) in [5.41, 5.74) is 1.41. The molecule has 0 atom stereocenters. The molecule has 0 spiro atoms. The smallest absolute Gasteiger partial charge is 0.253 e. The molecule has 1 aromatic heterocycles. The maximum Gasteiger partial charge on any atom is 0.253 e. The standard InChI is InChI=1S/C20H22N4O/c25-20(23-10-13-24-11-8-21-9-12-24)18-14-15-4-1-2-5-16(15)17-6-3-7-22-19(17)18/h1-7,14,21H,8-13H2,(H,23,25). The molecule has 1 fully saturated rings. The van der Waals surface area contributed by atoms with Crippen molar-refractivity contribution < 1.29 is 4.79 Å². The Morgan fingerprint density at radius 3 is 2.80 bits per heavy atom. The first-order chi connectivity index (χ1) is 12.3. The third-order valence-electron chi connectivity index (χ3n) is 4.78. The van der Waals surface area contributed by atoms with E-state index in [-0.39, 0.29) is 5.91 Å². The Morgan fingerprint density at radius 1 is 1.12 bits per heavy atom. The molecule has 128 valence electrons. The fraction of sp³-hybridized carbons (Fsp3) is 0.300. The highest BCUT2D eigenvalue weighted by Crippen LogP contribution is 2.27. The quantitative estimate of drug-likeness (QED) is 0.717. The van der Waals surface area contributed by atoms with Gasteiger partial charge in [-0.2, -0.15) is 0 Å². The molecule has 2 N–H and O–H groups in total. The minimum Gasteiger partial charge on any atom is -0.351 e. The van der Waals surface area contributed by atoms with Gasteiger partial charge in [0.15, 0.2) is 0 Å². The van der Waals surface area contributed by atoms with Crippen molar-refractivity contribution in [1.82, 2.24) is 20.5 Å². The van der Waals surface area contributed by atoms with Gasteiger partial charge in [0, 0.05) is 50.9 Å². The van der Waals surface area contributed by atoms with Gasteiger partial charge in [-0.25, -0.2) is 0 Å². The summed E-state index contributed by atoms with van der Waals surface area (Å²) in [5, 5.41) is 9.62. The molecule has 0 radical (unpaired) electrons. The number of pyridine rings is 1. The van der Waals surface area contributed by atoms with Crippen LogP contribution in [0.25, 0.3) is 21.7 Å². The van der Waals surface area contributed by atoms with E-state index in [2.05, 4.69) is 26.6 Å². The number of carbonyl (C=O) groups excluding carboxylic acids is 1. The summed E-state index contributed by atoms with van der Waals surface area (Å²) in [6, 6.07) is 14.0. The van der Waals surface area contributed by atoms with Crippen LogP contribution in [0, 0.1) is 0 Å². The molecule has 25 heavy (non-hydrogen) atoms. The summed E-state index contributed by atoms with van der Waals surface area (Å²) in [6.45, 7) is 5.65. The highest BCUT2D eigenvalue weighted by Gasteiger charge is 2.15. The maximum absolute atomic E-state index is 12.8. The minimum atomic E-state index is -0.0513. The van der Waals surface area contributed by atoms with Gasteiger partial charge in [0.1, 0.15) is 0 Å². The monoisotopic (exact) mass is 334 g/mol. The first-order valence-electron chi connectivity index (χ1n) is 8.81. The Kier molecular flexibility index (Phi) is 4.59. The Labute approximate surface area is 147 Å². The number of carbonyl (C=O) groups is 1. The zero-order valence-corrected chi connectivity index (χ0v) is 14.2. The number of benzene rings is 2. The van der Waals surface area contributed by atoms with Gasteiger partial charge in [-0.05, 0) is 22.9 Å². The predicted octanol–water partition coefficient (Wildman–Crippen LogP) is 2.02. The highest BCUT2D eigenvalue weighted by molar-refractivity contribution is 6.15. The van der Waals surface area contributed by atoms with Crippen molar-refractivity contribution in [2.75, 3.05) is 39.3 Å². The van der Waals surface area contributed by atoms with E-state index in [0.29, 0.717) is 12.1 Å². The zero-order valence-electron chi connectivity index (χ0n) is 14.2. The third-order valence-corrected chi connectivity index (χ3v) is 4.78. The van der Waals surface area contributed by atoms with Crippen LogP contribution in [0.15, 0.2) is 48.7 Å². The Hall–Kier alpha value is -2.50. The van der Waals surface area contributed by atoms with Crippen LogP contribution in [-0.4, -0.2) is 55.1 Å². The SMILES string of the molecule is O=C(NCCN1CCNCC1)c1cc2ccccc2c2cccnc12. The van der Waals surface area contributed by atoms with E-state index >= 15 is 0 Å². The van der Waals surface area contributed by atoms with Gasteiger partial charge < -0.3 is 10.6 Å². The van der Waals surface area contributed by atoms with E-state index in [1.54, 1.807) is 6.20 Å². The lowest BCUT2D eigenvalue weighted by molar-refractivity contribution is 0.0949. The molecule has 4 rings (SSSR count).